The van der Waals surface area contributed by atoms with Crippen molar-refractivity contribution in [1.29, 1.82) is 5.26 Å². The second-order valence-corrected chi connectivity index (χ2v) is 6.27. The van der Waals surface area contributed by atoms with Crippen molar-refractivity contribution in [1.82, 2.24) is 4.90 Å². The SMILES string of the molecule is CC(C)N1CCC(Nc2ccc(Br)cc2C#N)CC1. The molecule has 1 fully saturated rings. The van der Waals surface area contributed by atoms with Crippen molar-refractivity contribution in [3.63, 3.8) is 0 Å². The van der Waals surface area contributed by atoms with Gasteiger partial charge in [0.25, 0.3) is 0 Å². The van der Waals surface area contributed by atoms with Gasteiger partial charge in [0.05, 0.1) is 11.3 Å². The van der Waals surface area contributed by atoms with E-state index in [-0.39, 0.29) is 0 Å². The van der Waals surface area contributed by atoms with Gasteiger partial charge < -0.3 is 10.2 Å². The Morgan fingerprint density at radius 1 is 1.37 bits per heavy atom. The molecule has 1 aromatic carbocycles. The van der Waals surface area contributed by atoms with Crippen LogP contribution >= 0.6 is 15.9 Å². The third kappa shape index (κ3) is 3.71. The fourth-order valence-corrected chi connectivity index (χ4v) is 2.88. The minimum atomic E-state index is 0.475. The van der Waals surface area contributed by atoms with E-state index in [4.69, 9.17) is 5.26 Å². The lowest BCUT2D eigenvalue weighted by Gasteiger charge is -2.35. The smallest absolute Gasteiger partial charge is 0.101 e. The Morgan fingerprint density at radius 2 is 2.05 bits per heavy atom. The summed E-state index contributed by atoms with van der Waals surface area (Å²) in [5, 5.41) is 12.7. The minimum absolute atomic E-state index is 0.475. The maximum Gasteiger partial charge on any atom is 0.101 e. The van der Waals surface area contributed by atoms with E-state index in [0.717, 1.165) is 36.1 Å². The molecule has 1 heterocycles. The Morgan fingerprint density at radius 3 is 2.63 bits per heavy atom. The van der Waals surface area contributed by atoms with Crippen LogP contribution < -0.4 is 5.32 Å². The first-order valence-electron chi connectivity index (χ1n) is 6.80. The molecule has 2 rings (SSSR count). The molecule has 0 saturated carbocycles. The molecular formula is C15H20BrN3. The number of hydrogen-bond donors (Lipinski definition) is 1. The highest BCUT2D eigenvalue weighted by Gasteiger charge is 2.21. The Labute approximate surface area is 123 Å². The first-order chi connectivity index (χ1) is 9.10. The molecule has 102 valence electrons. The Kier molecular flexibility index (Phi) is 4.84. The zero-order valence-corrected chi connectivity index (χ0v) is 13.1. The highest BCUT2D eigenvalue weighted by Crippen LogP contribution is 2.23. The number of piperidine rings is 1. The van der Waals surface area contributed by atoms with E-state index >= 15 is 0 Å². The number of nitrogens with one attached hydrogen (secondary N) is 1. The third-order valence-electron chi connectivity index (χ3n) is 3.72. The molecule has 4 heteroatoms. The van der Waals surface area contributed by atoms with Gasteiger partial charge in [-0.3, -0.25) is 0 Å². The first-order valence-corrected chi connectivity index (χ1v) is 7.59. The van der Waals surface area contributed by atoms with Crippen molar-refractivity contribution in [2.75, 3.05) is 18.4 Å². The van der Waals surface area contributed by atoms with E-state index in [9.17, 15) is 0 Å². The van der Waals surface area contributed by atoms with Gasteiger partial charge in [-0.2, -0.15) is 5.26 Å². The van der Waals surface area contributed by atoms with E-state index in [0.29, 0.717) is 17.6 Å². The summed E-state index contributed by atoms with van der Waals surface area (Å²) < 4.78 is 0.948. The van der Waals surface area contributed by atoms with Crippen LogP contribution in [0.5, 0.6) is 0 Å². The van der Waals surface area contributed by atoms with Gasteiger partial charge >= 0.3 is 0 Å². The van der Waals surface area contributed by atoms with Crippen LogP contribution in [0.1, 0.15) is 32.3 Å². The van der Waals surface area contributed by atoms with Crippen molar-refractivity contribution in [2.24, 2.45) is 0 Å². The maximum absolute atomic E-state index is 9.17. The fraction of sp³-hybridized carbons (Fsp3) is 0.533. The van der Waals surface area contributed by atoms with Gasteiger partial charge in [-0.05, 0) is 44.9 Å². The summed E-state index contributed by atoms with van der Waals surface area (Å²) in [4.78, 5) is 2.50. The minimum Gasteiger partial charge on any atom is -0.381 e. The second-order valence-electron chi connectivity index (χ2n) is 5.35. The number of benzene rings is 1. The van der Waals surface area contributed by atoms with Crippen LogP contribution in [0.25, 0.3) is 0 Å². The molecule has 0 bridgehead atoms. The van der Waals surface area contributed by atoms with Gasteiger partial charge in [0.1, 0.15) is 6.07 Å². The van der Waals surface area contributed by atoms with Crippen molar-refractivity contribution in [3.8, 4) is 6.07 Å². The van der Waals surface area contributed by atoms with Gasteiger partial charge in [-0.25, -0.2) is 0 Å². The van der Waals surface area contributed by atoms with E-state index in [1.54, 1.807) is 0 Å². The molecule has 0 atom stereocenters. The van der Waals surface area contributed by atoms with Crippen LogP contribution in [0.4, 0.5) is 5.69 Å². The Bertz CT molecular complexity index is 471. The monoisotopic (exact) mass is 321 g/mol. The number of nitriles is 1. The molecule has 1 aromatic rings. The van der Waals surface area contributed by atoms with Gasteiger partial charge in [0.2, 0.25) is 0 Å². The summed E-state index contributed by atoms with van der Waals surface area (Å²) in [7, 11) is 0. The van der Waals surface area contributed by atoms with Crippen LogP contribution in [-0.2, 0) is 0 Å². The molecule has 0 aromatic heterocycles. The number of rotatable bonds is 3. The number of nitrogens with zero attached hydrogens (tertiary/aromatic N) is 2. The Balaban J connectivity index is 1.98. The summed E-state index contributed by atoms with van der Waals surface area (Å²) in [6, 6.07) is 9.18. The molecule has 1 saturated heterocycles. The first kappa shape index (κ1) is 14.4. The number of halogens is 1. The van der Waals surface area contributed by atoms with E-state index in [1.165, 1.54) is 0 Å². The lowest BCUT2D eigenvalue weighted by atomic mass is 10.0. The molecule has 0 aliphatic carbocycles. The summed E-state index contributed by atoms with van der Waals surface area (Å²) in [6.07, 6.45) is 2.28. The quantitative estimate of drug-likeness (QED) is 0.924. The third-order valence-corrected chi connectivity index (χ3v) is 4.21. The molecule has 1 N–H and O–H groups in total. The average Bonchev–Trinajstić information content (AvgIpc) is 2.41. The predicted molar refractivity (Wildman–Crippen MR) is 82.2 cm³/mol. The fourth-order valence-electron chi connectivity index (χ4n) is 2.51. The maximum atomic E-state index is 9.17. The van der Waals surface area contributed by atoms with E-state index in [1.807, 2.05) is 18.2 Å². The van der Waals surface area contributed by atoms with Crippen molar-refractivity contribution >= 4 is 21.6 Å². The van der Waals surface area contributed by atoms with Crippen LogP contribution in [-0.4, -0.2) is 30.1 Å². The average molecular weight is 322 g/mol. The van der Waals surface area contributed by atoms with Crippen LogP contribution in [0.2, 0.25) is 0 Å². The molecule has 0 amide bonds. The normalized spacial score (nSPS) is 17.4. The highest BCUT2D eigenvalue weighted by molar-refractivity contribution is 9.10. The van der Waals surface area contributed by atoms with E-state index < -0.39 is 0 Å². The van der Waals surface area contributed by atoms with Gasteiger partial charge in [-0.1, -0.05) is 15.9 Å². The lowest BCUT2D eigenvalue weighted by molar-refractivity contribution is 0.177. The second kappa shape index (κ2) is 6.40. The largest absolute Gasteiger partial charge is 0.381 e. The topological polar surface area (TPSA) is 39.1 Å². The Hall–Kier alpha value is -1.05. The zero-order valence-electron chi connectivity index (χ0n) is 11.5. The molecule has 3 nitrogen and oxygen atoms in total. The van der Waals surface area contributed by atoms with Crippen LogP contribution in [0.15, 0.2) is 22.7 Å². The summed E-state index contributed by atoms with van der Waals surface area (Å²) in [5.74, 6) is 0. The van der Waals surface area contributed by atoms with Crippen LogP contribution in [0.3, 0.4) is 0 Å². The number of likely N-dealkylation sites (tertiary alicyclic amines) is 1. The van der Waals surface area contributed by atoms with Crippen LogP contribution in [0, 0.1) is 11.3 Å². The number of hydrogen-bond acceptors (Lipinski definition) is 3. The molecule has 0 unspecified atom stereocenters. The molecule has 0 spiro atoms. The molecule has 1 aliphatic heterocycles. The highest BCUT2D eigenvalue weighted by atomic mass is 79.9. The van der Waals surface area contributed by atoms with Crippen molar-refractivity contribution in [2.45, 2.75) is 38.8 Å². The van der Waals surface area contributed by atoms with Gasteiger partial charge in [-0.15, -0.1) is 0 Å². The summed E-state index contributed by atoms with van der Waals surface area (Å²) in [6.45, 7) is 6.76. The van der Waals surface area contributed by atoms with E-state index in [2.05, 4.69) is 46.1 Å². The molecular weight excluding hydrogens is 302 g/mol. The summed E-state index contributed by atoms with van der Waals surface area (Å²) in [5.41, 5.74) is 1.66. The molecule has 1 aliphatic rings. The lowest BCUT2D eigenvalue weighted by Crippen LogP contribution is -2.42. The molecule has 0 radical (unpaired) electrons. The zero-order chi connectivity index (χ0) is 13.8. The van der Waals surface area contributed by atoms with Gasteiger partial charge in [0, 0.05) is 29.6 Å². The predicted octanol–water partition coefficient (Wildman–Crippen LogP) is 3.61. The standard InChI is InChI=1S/C15H20BrN3/c1-11(2)19-7-5-14(6-8-19)18-15-4-3-13(16)9-12(15)10-17/h3-4,9,11,14,18H,5-8H2,1-2H3. The molecule has 19 heavy (non-hydrogen) atoms. The summed E-state index contributed by atoms with van der Waals surface area (Å²) >= 11 is 3.40. The van der Waals surface area contributed by atoms with Gasteiger partial charge in [0.15, 0.2) is 0 Å². The van der Waals surface area contributed by atoms with Crippen molar-refractivity contribution < 1.29 is 0 Å². The number of anilines is 1. The van der Waals surface area contributed by atoms with Crippen molar-refractivity contribution in [3.05, 3.63) is 28.2 Å².